The fraction of sp³-hybridized carbons (Fsp3) is 0.250. The molecule has 116 valence electrons. The summed E-state index contributed by atoms with van der Waals surface area (Å²) in [4.78, 5) is 0. The molecular weight excluding hydrogens is 296 g/mol. The van der Waals surface area contributed by atoms with Gasteiger partial charge >= 0.3 is 0 Å². The van der Waals surface area contributed by atoms with E-state index in [1.54, 1.807) is 0 Å². The Morgan fingerprint density at radius 1 is 1.08 bits per heavy atom. The summed E-state index contributed by atoms with van der Waals surface area (Å²) >= 11 is 0. The Bertz CT molecular complexity index is 880. The van der Waals surface area contributed by atoms with Crippen LogP contribution < -0.4 is 5.32 Å². The Morgan fingerprint density at radius 3 is 2.42 bits per heavy atom. The van der Waals surface area contributed by atoms with Gasteiger partial charge in [0.1, 0.15) is 18.2 Å². The predicted molar refractivity (Wildman–Crippen MR) is 90.4 cm³/mol. The average molecular weight is 312 g/mol. The number of hydrogen-bond acceptors (Lipinski definition) is 4. The van der Waals surface area contributed by atoms with Gasteiger partial charge in [0.2, 0.25) is 0 Å². The molecule has 1 aliphatic carbocycles. The van der Waals surface area contributed by atoms with Gasteiger partial charge in [-0.25, -0.2) is 0 Å². The lowest BCUT2D eigenvalue weighted by Crippen LogP contribution is -2.26. The normalized spacial score (nSPS) is 19.6. The Morgan fingerprint density at radius 2 is 1.79 bits per heavy atom. The standard InChI is InChI=1S/C20H16N4/c1-13-7-8-16-17(9-13)18(12-23)20(15(10-21)11-22)24-19(16)14-5-3-2-4-6-14/h2-6,13,24H,7-9H2,1H3/t13-/m1/s1. The first-order valence-electron chi connectivity index (χ1n) is 7.93. The third-order valence-electron chi connectivity index (χ3n) is 4.56. The number of benzene rings is 1. The Balaban J connectivity index is 2.29. The number of dihydropyridines is 1. The molecule has 3 rings (SSSR count). The van der Waals surface area contributed by atoms with Crippen LogP contribution >= 0.6 is 0 Å². The van der Waals surface area contributed by atoms with E-state index in [0.29, 0.717) is 17.2 Å². The van der Waals surface area contributed by atoms with Gasteiger partial charge in [-0.15, -0.1) is 0 Å². The minimum Gasteiger partial charge on any atom is -0.352 e. The van der Waals surface area contributed by atoms with Crippen LogP contribution in [-0.2, 0) is 0 Å². The fourth-order valence-electron chi connectivity index (χ4n) is 3.36. The first-order chi connectivity index (χ1) is 11.7. The molecule has 1 fully saturated rings. The van der Waals surface area contributed by atoms with Crippen molar-refractivity contribution in [2.75, 3.05) is 0 Å². The molecule has 1 saturated carbocycles. The highest BCUT2D eigenvalue weighted by atomic mass is 14.9. The van der Waals surface area contributed by atoms with Crippen LogP contribution in [0.3, 0.4) is 0 Å². The van der Waals surface area contributed by atoms with Gasteiger partial charge in [0.15, 0.2) is 5.57 Å². The zero-order chi connectivity index (χ0) is 17.1. The molecule has 0 aromatic heterocycles. The van der Waals surface area contributed by atoms with Crippen molar-refractivity contribution in [3.05, 3.63) is 63.9 Å². The highest BCUT2D eigenvalue weighted by Crippen LogP contribution is 2.42. The topological polar surface area (TPSA) is 83.4 Å². The summed E-state index contributed by atoms with van der Waals surface area (Å²) in [5.74, 6) is 0.482. The monoisotopic (exact) mass is 312 g/mol. The Kier molecular flexibility index (Phi) is 4.19. The number of nitrogens with zero attached hydrogens (tertiary/aromatic N) is 3. The summed E-state index contributed by atoms with van der Waals surface area (Å²) in [6.07, 6.45) is 2.75. The molecule has 4 heteroatoms. The number of hydrogen-bond donors (Lipinski definition) is 1. The van der Waals surface area contributed by atoms with Gasteiger partial charge in [0.05, 0.1) is 11.3 Å². The van der Waals surface area contributed by atoms with Crippen LogP contribution in [0.15, 0.2) is 58.3 Å². The first-order valence-corrected chi connectivity index (χ1v) is 7.93. The maximum atomic E-state index is 9.66. The van der Waals surface area contributed by atoms with E-state index in [9.17, 15) is 15.8 Å². The van der Waals surface area contributed by atoms with Crippen LogP contribution in [0.2, 0.25) is 0 Å². The second-order valence-corrected chi connectivity index (χ2v) is 6.13. The van der Waals surface area contributed by atoms with Crippen LogP contribution in [0.1, 0.15) is 31.7 Å². The molecule has 0 saturated heterocycles. The summed E-state index contributed by atoms with van der Waals surface area (Å²) in [6, 6.07) is 15.9. The van der Waals surface area contributed by atoms with E-state index in [-0.39, 0.29) is 5.57 Å². The van der Waals surface area contributed by atoms with Crippen molar-refractivity contribution >= 4 is 5.70 Å². The summed E-state index contributed by atoms with van der Waals surface area (Å²) in [6.45, 7) is 2.17. The SMILES string of the molecule is C[C@@H]1CCC2=C(c3ccccc3)NC(=C(C#N)C#N)C(C#N)=C2C1. The lowest BCUT2D eigenvalue weighted by atomic mass is 9.76. The molecule has 2 aliphatic rings. The minimum atomic E-state index is -0.0512. The molecule has 1 aromatic rings. The van der Waals surface area contributed by atoms with E-state index in [0.717, 1.165) is 41.7 Å². The smallest absolute Gasteiger partial charge is 0.154 e. The summed E-state index contributed by atoms with van der Waals surface area (Å²) in [7, 11) is 0. The predicted octanol–water partition coefficient (Wildman–Crippen LogP) is 3.94. The number of nitrogens with one attached hydrogen (secondary N) is 1. The zero-order valence-corrected chi connectivity index (χ0v) is 13.4. The zero-order valence-electron chi connectivity index (χ0n) is 13.4. The van der Waals surface area contributed by atoms with Crippen molar-refractivity contribution in [2.45, 2.75) is 26.2 Å². The Hall–Kier alpha value is -3.29. The van der Waals surface area contributed by atoms with Crippen LogP contribution in [0.4, 0.5) is 0 Å². The van der Waals surface area contributed by atoms with Crippen molar-refractivity contribution in [2.24, 2.45) is 5.92 Å². The lowest BCUT2D eigenvalue weighted by Gasteiger charge is -2.33. The van der Waals surface area contributed by atoms with E-state index in [1.807, 2.05) is 42.5 Å². The maximum Gasteiger partial charge on any atom is 0.154 e. The van der Waals surface area contributed by atoms with Crippen molar-refractivity contribution in [3.8, 4) is 18.2 Å². The number of allylic oxidation sites excluding steroid dienone is 4. The highest BCUT2D eigenvalue weighted by Gasteiger charge is 2.31. The summed E-state index contributed by atoms with van der Waals surface area (Å²) in [5, 5.41) is 31.4. The van der Waals surface area contributed by atoms with E-state index >= 15 is 0 Å². The second-order valence-electron chi connectivity index (χ2n) is 6.13. The van der Waals surface area contributed by atoms with E-state index in [2.05, 4.69) is 18.3 Å². The Labute approximate surface area is 141 Å². The molecule has 1 aliphatic heterocycles. The summed E-state index contributed by atoms with van der Waals surface area (Å²) in [5.41, 5.74) is 4.76. The van der Waals surface area contributed by atoms with Crippen molar-refractivity contribution < 1.29 is 0 Å². The number of nitriles is 3. The van der Waals surface area contributed by atoms with Gasteiger partial charge in [-0.1, -0.05) is 37.3 Å². The quantitative estimate of drug-likeness (QED) is 0.796. The van der Waals surface area contributed by atoms with E-state index in [1.165, 1.54) is 0 Å². The molecule has 4 nitrogen and oxygen atoms in total. The molecular formula is C20H16N4. The molecule has 0 radical (unpaired) electrons. The molecule has 0 amide bonds. The maximum absolute atomic E-state index is 9.66. The highest BCUT2D eigenvalue weighted by molar-refractivity contribution is 5.79. The summed E-state index contributed by atoms with van der Waals surface area (Å²) < 4.78 is 0. The van der Waals surface area contributed by atoms with Gasteiger partial charge in [-0.05, 0) is 41.9 Å². The number of fused-ring (bicyclic) bond motifs is 1. The van der Waals surface area contributed by atoms with E-state index < -0.39 is 0 Å². The largest absolute Gasteiger partial charge is 0.352 e. The molecule has 0 unspecified atom stereocenters. The average Bonchev–Trinajstić information content (AvgIpc) is 2.62. The van der Waals surface area contributed by atoms with Crippen LogP contribution in [0.25, 0.3) is 5.70 Å². The molecule has 0 bridgehead atoms. The molecule has 1 atom stereocenters. The molecule has 1 heterocycles. The minimum absolute atomic E-state index is 0.0512. The van der Waals surface area contributed by atoms with Crippen molar-refractivity contribution in [1.29, 1.82) is 15.8 Å². The molecule has 24 heavy (non-hydrogen) atoms. The fourth-order valence-corrected chi connectivity index (χ4v) is 3.36. The van der Waals surface area contributed by atoms with Crippen LogP contribution in [-0.4, -0.2) is 0 Å². The lowest BCUT2D eigenvalue weighted by molar-refractivity contribution is 0.494. The molecule has 1 N–H and O–H groups in total. The number of rotatable bonds is 1. The van der Waals surface area contributed by atoms with Gasteiger partial charge in [0, 0.05) is 5.70 Å². The first kappa shape index (κ1) is 15.6. The van der Waals surface area contributed by atoms with Crippen molar-refractivity contribution in [3.63, 3.8) is 0 Å². The van der Waals surface area contributed by atoms with Gasteiger partial charge < -0.3 is 5.32 Å². The van der Waals surface area contributed by atoms with Gasteiger partial charge in [-0.3, -0.25) is 0 Å². The van der Waals surface area contributed by atoms with E-state index in [4.69, 9.17) is 0 Å². The molecule has 1 aromatic carbocycles. The molecule has 0 spiro atoms. The third-order valence-corrected chi connectivity index (χ3v) is 4.56. The van der Waals surface area contributed by atoms with Gasteiger partial charge in [-0.2, -0.15) is 15.8 Å². The van der Waals surface area contributed by atoms with Crippen molar-refractivity contribution in [1.82, 2.24) is 5.32 Å². The third kappa shape index (κ3) is 2.58. The van der Waals surface area contributed by atoms with Gasteiger partial charge in [0.25, 0.3) is 0 Å². The van der Waals surface area contributed by atoms with Crippen LogP contribution in [0, 0.1) is 39.9 Å². The second kappa shape index (κ2) is 6.45. The van der Waals surface area contributed by atoms with Crippen LogP contribution in [0.5, 0.6) is 0 Å².